The molecule has 3 fully saturated rings. The van der Waals surface area contributed by atoms with Crippen LogP contribution in [0.3, 0.4) is 0 Å². The summed E-state index contributed by atoms with van der Waals surface area (Å²) in [5, 5.41) is 7.02. The van der Waals surface area contributed by atoms with Crippen molar-refractivity contribution in [2.45, 2.75) is 51.1 Å². The van der Waals surface area contributed by atoms with Crippen molar-refractivity contribution >= 4 is 29.9 Å². The molecule has 0 aromatic rings. The molecule has 2 N–H and O–H groups in total. The van der Waals surface area contributed by atoms with Crippen LogP contribution in [0.15, 0.2) is 4.99 Å². The minimum Gasteiger partial charge on any atom is -0.379 e. The predicted molar refractivity (Wildman–Crippen MR) is 119 cm³/mol. The highest BCUT2D eigenvalue weighted by Crippen LogP contribution is 2.34. The maximum Gasteiger partial charge on any atom is 0.191 e. The molecule has 3 aliphatic rings. The van der Waals surface area contributed by atoms with Gasteiger partial charge in [-0.2, -0.15) is 0 Å². The van der Waals surface area contributed by atoms with E-state index in [1.165, 1.54) is 32.2 Å². The zero-order chi connectivity index (χ0) is 17.7. The summed E-state index contributed by atoms with van der Waals surface area (Å²) in [6.07, 6.45) is 5.67. The van der Waals surface area contributed by atoms with E-state index in [1.807, 2.05) is 7.05 Å². The number of hydrogen-bond acceptors (Lipinski definition) is 4. The molecule has 0 unspecified atom stereocenters. The zero-order valence-electron chi connectivity index (χ0n) is 16.8. The van der Waals surface area contributed by atoms with Gasteiger partial charge in [-0.25, -0.2) is 0 Å². The molecule has 7 heteroatoms. The molecule has 0 radical (unpaired) electrons. The van der Waals surface area contributed by atoms with Crippen LogP contribution in [0.2, 0.25) is 0 Å². The number of halogens is 1. The first-order chi connectivity index (χ1) is 12.1. The van der Waals surface area contributed by atoms with Gasteiger partial charge in [0.1, 0.15) is 0 Å². The minimum absolute atomic E-state index is 0. The van der Waals surface area contributed by atoms with E-state index in [9.17, 15) is 0 Å². The second-order valence-electron chi connectivity index (χ2n) is 8.43. The van der Waals surface area contributed by atoms with Gasteiger partial charge in [0.25, 0.3) is 0 Å². The summed E-state index contributed by atoms with van der Waals surface area (Å²) in [4.78, 5) is 9.59. The molecule has 2 aliphatic carbocycles. The van der Waals surface area contributed by atoms with Crippen molar-refractivity contribution in [2.75, 3.05) is 59.5 Å². The molecule has 0 amide bonds. The van der Waals surface area contributed by atoms with E-state index >= 15 is 0 Å². The average Bonchev–Trinajstić information content (AvgIpc) is 3.51. The van der Waals surface area contributed by atoms with Crippen LogP contribution >= 0.6 is 24.0 Å². The van der Waals surface area contributed by atoms with Gasteiger partial charge >= 0.3 is 0 Å². The molecule has 0 bridgehead atoms. The number of nitrogens with zero attached hydrogens (tertiary/aromatic N) is 3. The van der Waals surface area contributed by atoms with Crippen molar-refractivity contribution in [3.05, 3.63) is 0 Å². The number of ether oxygens (including phenoxy) is 1. The highest BCUT2D eigenvalue weighted by Gasteiger charge is 2.33. The van der Waals surface area contributed by atoms with Gasteiger partial charge in [-0.05, 0) is 45.4 Å². The lowest BCUT2D eigenvalue weighted by Gasteiger charge is -2.41. The van der Waals surface area contributed by atoms with Crippen LogP contribution in [0.5, 0.6) is 0 Å². The van der Waals surface area contributed by atoms with Crippen molar-refractivity contribution in [1.29, 1.82) is 0 Å². The van der Waals surface area contributed by atoms with Gasteiger partial charge < -0.3 is 15.4 Å². The van der Waals surface area contributed by atoms with Crippen LogP contribution in [-0.4, -0.2) is 86.9 Å². The maximum atomic E-state index is 5.47. The van der Waals surface area contributed by atoms with Crippen molar-refractivity contribution in [3.63, 3.8) is 0 Å². The molecule has 152 valence electrons. The monoisotopic (exact) mass is 479 g/mol. The van der Waals surface area contributed by atoms with Crippen LogP contribution in [-0.2, 0) is 4.74 Å². The molecule has 0 spiro atoms. The number of guanidine groups is 1. The Morgan fingerprint density at radius 2 is 1.85 bits per heavy atom. The SMILES string of the molecule is CN=C(NCCN(CC1CC1)C1CC1)NCC(C)(C)N1CCOCC1.I. The third-order valence-electron chi connectivity index (χ3n) is 5.72. The zero-order valence-corrected chi connectivity index (χ0v) is 19.1. The third-order valence-corrected chi connectivity index (χ3v) is 5.72. The molecular weight excluding hydrogens is 441 g/mol. The molecular formula is C19H38IN5O. The molecule has 1 heterocycles. The predicted octanol–water partition coefficient (Wildman–Crippen LogP) is 1.75. The summed E-state index contributed by atoms with van der Waals surface area (Å²) >= 11 is 0. The lowest BCUT2D eigenvalue weighted by molar-refractivity contribution is -0.00834. The fourth-order valence-electron chi connectivity index (χ4n) is 3.61. The Morgan fingerprint density at radius 3 is 2.42 bits per heavy atom. The van der Waals surface area contributed by atoms with E-state index in [2.05, 4.69) is 39.3 Å². The van der Waals surface area contributed by atoms with Crippen LogP contribution in [0.4, 0.5) is 0 Å². The number of rotatable bonds is 9. The normalized spacial score (nSPS) is 22.2. The van der Waals surface area contributed by atoms with E-state index in [-0.39, 0.29) is 29.5 Å². The first-order valence-electron chi connectivity index (χ1n) is 10.1. The fraction of sp³-hybridized carbons (Fsp3) is 0.947. The Balaban J connectivity index is 0.00000243. The first kappa shape index (κ1) is 22.2. The minimum atomic E-state index is 0. The van der Waals surface area contributed by atoms with E-state index in [0.29, 0.717) is 0 Å². The van der Waals surface area contributed by atoms with Gasteiger partial charge in [-0.1, -0.05) is 0 Å². The van der Waals surface area contributed by atoms with Crippen LogP contribution in [0, 0.1) is 5.92 Å². The van der Waals surface area contributed by atoms with E-state index < -0.39 is 0 Å². The largest absolute Gasteiger partial charge is 0.379 e. The van der Waals surface area contributed by atoms with Crippen LogP contribution in [0.1, 0.15) is 39.5 Å². The summed E-state index contributed by atoms with van der Waals surface area (Å²) in [7, 11) is 1.86. The van der Waals surface area contributed by atoms with Crippen LogP contribution < -0.4 is 10.6 Å². The van der Waals surface area contributed by atoms with Gasteiger partial charge in [0.05, 0.1) is 13.2 Å². The maximum absolute atomic E-state index is 5.47. The quantitative estimate of drug-likeness (QED) is 0.300. The number of morpholine rings is 1. The number of hydrogen-bond donors (Lipinski definition) is 2. The Hall–Kier alpha value is -0.120. The summed E-state index contributed by atoms with van der Waals surface area (Å²) < 4.78 is 5.47. The molecule has 1 aliphatic heterocycles. The second kappa shape index (κ2) is 10.4. The van der Waals surface area contributed by atoms with Crippen molar-refractivity contribution in [2.24, 2.45) is 10.9 Å². The van der Waals surface area contributed by atoms with Crippen molar-refractivity contribution < 1.29 is 4.74 Å². The third kappa shape index (κ3) is 7.13. The smallest absolute Gasteiger partial charge is 0.191 e. The molecule has 6 nitrogen and oxygen atoms in total. The first-order valence-corrected chi connectivity index (χ1v) is 10.1. The number of aliphatic imine (C=N–C) groups is 1. The Bertz CT molecular complexity index is 445. The lowest BCUT2D eigenvalue weighted by atomic mass is 10.0. The standard InChI is InChI=1S/C19H37N5O.HI/c1-19(2,24-10-12-25-13-11-24)15-22-18(20-3)21-8-9-23(17-6-7-17)14-16-4-5-16;/h16-17H,4-15H2,1-3H3,(H2,20,21,22);1H. The van der Waals surface area contributed by atoms with Gasteiger partial charge in [0.15, 0.2) is 5.96 Å². The van der Waals surface area contributed by atoms with Crippen molar-refractivity contribution in [3.8, 4) is 0 Å². The van der Waals surface area contributed by atoms with E-state index in [1.54, 1.807) is 0 Å². The highest BCUT2D eigenvalue weighted by atomic mass is 127. The Morgan fingerprint density at radius 1 is 1.15 bits per heavy atom. The topological polar surface area (TPSA) is 52.1 Å². The second-order valence-corrected chi connectivity index (χ2v) is 8.43. The molecule has 2 saturated carbocycles. The van der Waals surface area contributed by atoms with Gasteiger partial charge in [0.2, 0.25) is 0 Å². The van der Waals surface area contributed by atoms with Gasteiger partial charge in [0, 0.05) is 57.9 Å². The number of nitrogens with one attached hydrogen (secondary N) is 2. The summed E-state index contributed by atoms with van der Waals surface area (Å²) in [6.45, 7) is 12.6. The summed E-state index contributed by atoms with van der Waals surface area (Å²) in [5.41, 5.74) is 0.105. The van der Waals surface area contributed by atoms with Gasteiger partial charge in [-0.15, -0.1) is 24.0 Å². The summed E-state index contributed by atoms with van der Waals surface area (Å²) in [5.74, 6) is 1.90. The lowest BCUT2D eigenvalue weighted by Crippen LogP contribution is -2.56. The Labute approximate surface area is 176 Å². The van der Waals surface area contributed by atoms with Crippen molar-refractivity contribution in [1.82, 2.24) is 20.4 Å². The molecule has 3 rings (SSSR count). The average molecular weight is 479 g/mol. The Kier molecular flexibility index (Phi) is 8.90. The molecule has 0 aromatic carbocycles. The van der Waals surface area contributed by atoms with Crippen LogP contribution in [0.25, 0.3) is 0 Å². The van der Waals surface area contributed by atoms with E-state index in [4.69, 9.17) is 4.74 Å². The molecule has 1 saturated heterocycles. The molecule has 0 aromatic heterocycles. The van der Waals surface area contributed by atoms with E-state index in [0.717, 1.165) is 63.9 Å². The highest BCUT2D eigenvalue weighted by molar-refractivity contribution is 14.0. The fourth-order valence-corrected chi connectivity index (χ4v) is 3.61. The summed E-state index contributed by atoms with van der Waals surface area (Å²) in [6, 6.07) is 0.859. The molecule has 0 atom stereocenters. The van der Waals surface area contributed by atoms with Gasteiger partial charge in [-0.3, -0.25) is 14.8 Å². The molecule has 26 heavy (non-hydrogen) atoms.